The van der Waals surface area contributed by atoms with Crippen molar-refractivity contribution in [1.82, 2.24) is 0 Å². The number of esters is 1. The fraction of sp³-hybridized carbons (Fsp3) is 0.0625. The van der Waals surface area contributed by atoms with Gasteiger partial charge in [-0.1, -0.05) is 17.7 Å². The van der Waals surface area contributed by atoms with Gasteiger partial charge in [0.05, 0.1) is 21.7 Å². The van der Waals surface area contributed by atoms with Crippen LogP contribution in [0.2, 0.25) is 5.02 Å². The summed E-state index contributed by atoms with van der Waals surface area (Å²) in [5, 5.41) is 22.4. The Morgan fingerprint density at radius 1 is 1.28 bits per heavy atom. The van der Waals surface area contributed by atoms with E-state index in [0.29, 0.717) is 5.02 Å². The van der Waals surface area contributed by atoms with E-state index in [-0.39, 0.29) is 22.5 Å². The van der Waals surface area contributed by atoms with E-state index >= 15 is 0 Å². The summed E-state index contributed by atoms with van der Waals surface area (Å²) in [6.45, 7) is -0.590. The molecule has 25 heavy (non-hydrogen) atoms. The molecule has 1 N–H and O–H groups in total. The van der Waals surface area contributed by atoms with Crippen molar-refractivity contribution >= 4 is 34.9 Å². The number of nitriles is 1. The number of ether oxygens (including phenoxy) is 1. The molecular weight excluding hydrogens is 350 g/mol. The van der Waals surface area contributed by atoms with E-state index in [2.05, 4.69) is 5.32 Å². The van der Waals surface area contributed by atoms with Crippen LogP contribution in [0.3, 0.4) is 0 Å². The van der Waals surface area contributed by atoms with Crippen LogP contribution in [0, 0.1) is 21.4 Å². The summed E-state index contributed by atoms with van der Waals surface area (Å²) in [6.07, 6.45) is 0. The number of anilines is 1. The Hall–Kier alpha value is -3.44. The van der Waals surface area contributed by atoms with E-state index in [1.165, 1.54) is 18.2 Å². The lowest BCUT2D eigenvalue weighted by Crippen LogP contribution is -2.21. The SMILES string of the molecule is N#Cc1cc([N+](=O)[O-])ccc1NC(=O)COC(=O)c1cccc(Cl)c1. The molecule has 1 amide bonds. The summed E-state index contributed by atoms with van der Waals surface area (Å²) in [4.78, 5) is 33.7. The summed E-state index contributed by atoms with van der Waals surface area (Å²) >= 11 is 5.76. The second kappa shape index (κ2) is 7.90. The average molecular weight is 360 g/mol. The van der Waals surface area contributed by atoms with Crippen LogP contribution in [-0.2, 0) is 9.53 Å². The van der Waals surface area contributed by atoms with E-state index in [0.717, 1.165) is 12.1 Å². The third-order valence-electron chi connectivity index (χ3n) is 3.00. The normalized spacial score (nSPS) is 9.76. The Bertz CT molecular complexity index is 892. The van der Waals surface area contributed by atoms with Crippen molar-refractivity contribution in [3.8, 4) is 6.07 Å². The first-order chi connectivity index (χ1) is 11.9. The molecule has 0 atom stereocenters. The largest absolute Gasteiger partial charge is 0.452 e. The molecular formula is C16H10ClN3O5. The van der Waals surface area contributed by atoms with Gasteiger partial charge in [0.1, 0.15) is 6.07 Å². The quantitative estimate of drug-likeness (QED) is 0.497. The molecule has 0 bridgehead atoms. The first-order valence-electron chi connectivity index (χ1n) is 6.82. The van der Waals surface area contributed by atoms with Crippen molar-refractivity contribution in [2.45, 2.75) is 0 Å². The van der Waals surface area contributed by atoms with E-state index in [1.54, 1.807) is 18.2 Å². The van der Waals surface area contributed by atoms with Crippen LogP contribution >= 0.6 is 11.6 Å². The van der Waals surface area contributed by atoms with Crippen molar-refractivity contribution in [2.75, 3.05) is 11.9 Å². The molecule has 0 radical (unpaired) electrons. The second-order valence-corrected chi connectivity index (χ2v) is 5.17. The standard InChI is InChI=1S/C16H10ClN3O5/c17-12-3-1-2-10(6-12)16(22)25-9-15(21)19-14-5-4-13(20(23)24)7-11(14)8-18/h1-7H,9H2,(H,19,21). The fourth-order valence-electron chi connectivity index (χ4n) is 1.86. The average Bonchev–Trinajstić information content (AvgIpc) is 2.59. The van der Waals surface area contributed by atoms with Gasteiger partial charge in [0.25, 0.3) is 11.6 Å². The number of hydrogen-bond acceptors (Lipinski definition) is 6. The van der Waals surface area contributed by atoms with Gasteiger partial charge < -0.3 is 10.1 Å². The Labute approximate surface area is 146 Å². The van der Waals surface area contributed by atoms with Crippen LogP contribution in [-0.4, -0.2) is 23.4 Å². The fourth-order valence-corrected chi connectivity index (χ4v) is 2.05. The molecule has 0 saturated carbocycles. The van der Waals surface area contributed by atoms with Crippen molar-refractivity contribution in [1.29, 1.82) is 5.26 Å². The number of carbonyl (C=O) groups excluding carboxylic acids is 2. The molecule has 2 rings (SSSR count). The molecule has 0 aliphatic heterocycles. The number of benzene rings is 2. The summed E-state index contributed by atoms with van der Waals surface area (Å²) < 4.78 is 4.85. The molecule has 9 heteroatoms. The third kappa shape index (κ3) is 4.76. The van der Waals surface area contributed by atoms with E-state index in [1.807, 2.05) is 0 Å². The van der Waals surface area contributed by atoms with Crippen molar-refractivity contribution in [3.63, 3.8) is 0 Å². The number of amides is 1. The van der Waals surface area contributed by atoms with Gasteiger partial charge in [-0.05, 0) is 24.3 Å². The first kappa shape index (κ1) is 17.9. The molecule has 126 valence electrons. The minimum absolute atomic E-state index is 0.0799. The lowest BCUT2D eigenvalue weighted by Gasteiger charge is -2.08. The third-order valence-corrected chi connectivity index (χ3v) is 3.24. The second-order valence-electron chi connectivity index (χ2n) is 4.73. The van der Waals surface area contributed by atoms with Crippen LogP contribution in [0.15, 0.2) is 42.5 Å². The molecule has 0 heterocycles. The Morgan fingerprint density at radius 2 is 2.04 bits per heavy atom. The predicted octanol–water partition coefficient (Wildman–Crippen LogP) is 2.92. The number of carbonyl (C=O) groups is 2. The monoisotopic (exact) mass is 359 g/mol. The van der Waals surface area contributed by atoms with Crippen molar-refractivity contribution < 1.29 is 19.2 Å². The van der Waals surface area contributed by atoms with Gasteiger partial charge in [-0.15, -0.1) is 0 Å². The molecule has 0 spiro atoms. The van der Waals surface area contributed by atoms with E-state index < -0.39 is 23.4 Å². The zero-order chi connectivity index (χ0) is 18.4. The van der Waals surface area contributed by atoms with Crippen LogP contribution in [0.5, 0.6) is 0 Å². The number of nitrogens with one attached hydrogen (secondary N) is 1. The molecule has 0 aliphatic rings. The molecule has 8 nitrogen and oxygen atoms in total. The van der Waals surface area contributed by atoms with Crippen LogP contribution in [0.1, 0.15) is 15.9 Å². The van der Waals surface area contributed by atoms with Crippen LogP contribution < -0.4 is 5.32 Å². The van der Waals surface area contributed by atoms with Crippen LogP contribution in [0.4, 0.5) is 11.4 Å². The van der Waals surface area contributed by atoms with Gasteiger partial charge in [0.2, 0.25) is 0 Å². The Kier molecular flexibility index (Phi) is 5.66. The maximum absolute atomic E-state index is 11.8. The van der Waals surface area contributed by atoms with Gasteiger partial charge in [0, 0.05) is 17.2 Å². The minimum Gasteiger partial charge on any atom is -0.452 e. The molecule has 0 fully saturated rings. The van der Waals surface area contributed by atoms with Gasteiger partial charge in [-0.3, -0.25) is 14.9 Å². The Morgan fingerprint density at radius 3 is 2.68 bits per heavy atom. The number of rotatable bonds is 5. The van der Waals surface area contributed by atoms with Gasteiger partial charge >= 0.3 is 5.97 Å². The number of non-ortho nitro benzene ring substituents is 1. The summed E-state index contributed by atoms with van der Waals surface area (Å²) in [5.41, 5.74) is -0.0871. The lowest BCUT2D eigenvalue weighted by molar-refractivity contribution is -0.384. The minimum atomic E-state index is -0.734. The summed E-state index contributed by atoms with van der Waals surface area (Å²) in [5.74, 6) is -1.43. The van der Waals surface area contributed by atoms with Gasteiger partial charge in [0.15, 0.2) is 6.61 Å². The molecule has 0 unspecified atom stereocenters. The van der Waals surface area contributed by atoms with Crippen molar-refractivity contribution in [3.05, 3.63) is 68.7 Å². The molecule has 0 aliphatic carbocycles. The highest BCUT2D eigenvalue weighted by molar-refractivity contribution is 6.30. The predicted molar refractivity (Wildman–Crippen MR) is 88.2 cm³/mol. The highest BCUT2D eigenvalue weighted by atomic mass is 35.5. The zero-order valence-corrected chi connectivity index (χ0v) is 13.3. The molecule has 2 aromatic rings. The molecule has 0 aromatic heterocycles. The molecule has 0 saturated heterocycles. The smallest absolute Gasteiger partial charge is 0.338 e. The van der Waals surface area contributed by atoms with Crippen molar-refractivity contribution in [2.24, 2.45) is 0 Å². The highest BCUT2D eigenvalue weighted by Crippen LogP contribution is 2.21. The van der Waals surface area contributed by atoms with E-state index in [4.69, 9.17) is 21.6 Å². The number of halogens is 1. The maximum atomic E-state index is 11.8. The lowest BCUT2D eigenvalue weighted by atomic mass is 10.1. The number of nitrogens with zero attached hydrogens (tertiary/aromatic N) is 2. The van der Waals surface area contributed by atoms with Gasteiger partial charge in [-0.2, -0.15) is 5.26 Å². The van der Waals surface area contributed by atoms with E-state index in [9.17, 15) is 19.7 Å². The topological polar surface area (TPSA) is 122 Å². The number of nitro groups is 1. The molecule has 2 aromatic carbocycles. The summed E-state index contributed by atoms with van der Waals surface area (Å²) in [7, 11) is 0. The van der Waals surface area contributed by atoms with Gasteiger partial charge in [-0.25, -0.2) is 4.79 Å². The highest BCUT2D eigenvalue weighted by Gasteiger charge is 2.14. The van der Waals surface area contributed by atoms with Crippen LogP contribution in [0.25, 0.3) is 0 Å². The number of nitro benzene ring substituents is 1. The zero-order valence-electron chi connectivity index (χ0n) is 12.6. The summed E-state index contributed by atoms with van der Waals surface area (Å²) in [6, 6.07) is 11.2. The number of hydrogen-bond donors (Lipinski definition) is 1. The first-order valence-corrected chi connectivity index (χ1v) is 7.19. The Balaban J connectivity index is 2.00. The maximum Gasteiger partial charge on any atom is 0.338 e.